The molecule has 2 rings (SSSR count). The summed E-state index contributed by atoms with van der Waals surface area (Å²) in [5, 5.41) is 0. The van der Waals surface area contributed by atoms with Gasteiger partial charge in [0.15, 0.2) is 6.10 Å². The summed E-state index contributed by atoms with van der Waals surface area (Å²) in [4.78, 5) is 23.8. The minimum Gasteiger partial charge on any atom is -0.494 e. The topological polar surface area (TPSA) is 89.5 Å². The van der Waals surface area contributed by atoms with E-state index in [1.807, 2.05) is 61.5 Å². The second kappa shape index (κ2) is 18.8. The maximum Gasteiger partial charge on any atom is 0.333 e. The Morgan fingerprint density at radius 2 is 1.53 bits per heavy atom. The molecule has 0 saturated carbocycles. The van der Waals surface area contributed by atoms with E-state index in [2.05, 4.69) is 6.58 Å². The first-order valence-electron chi connectivity index (χ1n) is 13.1. The van der Waals surface area contributed by atoms with E-state index in [-0.39, 0.29) is 25.6 Å². The number of rotatable bonds is 20. The van der Waals surface area contributed by atoms with Crippen LogP contribution in [-0.4, -0.2) is 58.2 Å². The van der Waals surface area contributed by atoms with Gasteiger partial charge in [0.2, 0.25) is 0 Å². The Morgan fingerprint density at radius 1 is 0.816 bits per heavy atom. The molecule has 1 atom stereocenters. The summed E-state index contributed by atoms with van der Waals surface area (Å²) in [6.45, 7) is 10.2. The minimum atomic E-state index is -0.503. The van der Waals surface area contributed by atoms with Crippen LogP contribution in [0.1, 0.15) is 51.2 Å². The summed E-state index contributed by atoms with van der Waals surface area (Å²) in [6, 6.07) is 17.0. The molecule has 208 valence electrons. The van der Waals surface area contributed by atoms with Crippen LogP contribution in [0, 0.1) is 0 Å². The Kier molecular flexibility index (Phi) is 15.3. The monoisotopic (exact) mass is 528 g/mol. The third-order valence-corrected chi connectivity index (χ3v) is 5.26. The number of ether oxygens (including phenoxy) is 6. The van der Waals surface area contributed by atoms with Crippen molar-refractivity contribution in [2.24, 2.45) is 0 Å². The van der Waals surface area contributed by atoms with Crippen LogP contribution in [0.5, 0.6) is 11.5 Å². The largest absolute Gasteiger partial charge is 0.494 e. The molecular formula is C30H40O8. The fraction of sp³-hybridized carbons (Fsp3) is 0.467. The van der Waals surface area contributed by atoms with Crippen LogP contribution in [0.25, 0.3) is 0 Å². The van der Waals surface area contributed by atoms with Gasteiger partial charge in [0, 0.05) is 31.3 Å². The highest BCUT2D eigenvalue weighted by molar-refractivity contribution is 5.86. The molecule has 8 nitrogen and oxygen atoms in total. The first kappa shape index (κ1) is 30.9. The Bertz CT molecular complexity index is 960. The molecule has 0 amide bonds. The van der Waals surface area contributed by atoms with Crippen LogP contribution in [0.2, 0.25) is 0 Å². The fourth-order valence-corrected chi connectivity index (χ4v) is 3.33. The summed E-state index contributed by atoms with van der Waals surface area (Å²) < 4.78 is 33.3. The van der Waals surface area contributed by atoms with Crippen molar-refractivity contribution in [3.63, 3.8) is 0 Å². The molecule has 0 bridgehead atoms. The van der Waals surface area contributed by atoms with E-state index in [0.29, 0.717) is 45.0 Å². The molecule has 0 fully saturated rings. The van der Waals surface area contributed by atoms with Crippen molar-refractivity contribution in [1.29, 1.82) is 0 Å². The highest BCUT2D eigenvalue weighted by Crippen LogP contribution is 2.20. The summed E-state index contributed by atoms with van der Waals surface area (Å²) in [7, 11) is 0. The van der Waals surface area contributed by atoms with E-state index in [4.69, 9.17) is 28.4 Å². The molecule has 1 unspecified atom stereocenters. The van der Waals surface area contributed by atoms with Crippen LogP contribution in [0.15, 0.2) is 66.7 Å². The van der Waals surface area contributed by atoms with Crippen LogP contribution in [-0.2, 0) is 28.5 Å². The van der Waals surface area contributed by atoms with Crippen molar-refractivity contribution < 1.29 is 38.0 Å². The van der Waals surface area contributed by atoms with Crippen LogP contribution in [0.4, 0.5) is 0 Å². The first-order valence-corrected chi connectivity index (χ1v) is 13.1. The van der Waals surface area contributed by atoms with Gasteiger partial charge < -0.3 is 28.4 Å². The van der Waals surface area contributed by atoms with Crippen molar-refractivity contribution in [2.75, 3.05) is 46.2 Å². The zero-order chi connectivity index (χ0) is 27.4. The van der Waals surface area contributed by atoms with Crippen molar-refractivity contribution in [1.82, 2.24) is 0 Å². The van der Waals surface area contributed by atoms with Gasteiger partial charge in [-0.2, -0.15) is 0 Å². The van der Waals surface area contributed by atoms with E-state index in [9.17, 15) is 9.59 Å². The van der Waals surface area contributed by atoms with Gasteiger partial charge in [-0.15, -0.1) is 0 Å². The number of carbonyl (C=O) groups excluding carboxylic acids is 2. The van der Waals surface area contributed by atoms with Crippen molar-refractivity contribution in [3.05, 3.63) is 72.3 Å². The van der Waals surface area contributed by atoms with Gasteiger partial charge in [0.05, 0.1) is 26.4 Å². The Balaban J connectivity index is 1.58. The summed E-state index contributed by atoms with van der Waals surface area (Å²) in [6.07, 6.45) is 1.69. The van der Waals surface area contributed by atoms with Gasteiger partial charge in [-0.05, 0) is 50.8 Å². The maximum absolute atomic E-state index is 12.3. The predicted octanol–water partition coefficient (Wildman–Crippen LogP) is 5.46. The Labute approximate surface area is 225 Å². The maximum atomic E-state index is 12.3. The molecule has 0 N–H and O–H groups in total. The predicted molar refractivity (Wildman–Crippen MR) is 144 cm³/mol. The third kappa shape index (κ3) is 13.3. The molecule has 0 spiro atoms. The fourth-order valence-electron chi connectivity index (χ4n) is 3.33. The van der Waals surface area contributed by atoms with Crippen LogP contribution in [0.3, 0.4) is 0 Å². The standard InChI is InChI=1S/C30H40O8/c1-4-35-26-14-10-15-27(22-26)36-21-20-33-17-8-9-18-34-23-28(25-12-6-5-7-13-25)38-29(31)16-11-19-37-30(32)24(2)3/h5-7,10,12-15,22,28H,2,4,8-9,11,16-21,23H2,1,3H3. The lowest BCUT2D eigenvalue weighted by molar-refractivity contribution is -0.154. The Morgan fingerprint density at radius 3 is 2.24 bits per heavy atom. The van der Waals surface area contributed by atoms with E-state index < -0.39 is 12.1 Å². The molecule has 8 heteroatoms. The summed E-state index contributed by atoms with van der Waals surface area (Å²) in [5.74, 6) is 0.718. The van der Waals surface area contributed by atoms with Gasteiger partial charge in [-0.3, -0.25) is 4.79 Å². The summed E-state index contributed by atoms with van der Waals surface area (Å²) in [5.41, 5.74) is 1.19. The number of benzene rings is 2. The number of carbonyl (C=O) groups is 2. The second-order valence-corrected chi connectivity index (χ2v) is 8.56. The van der Waals surface area contributed by atoms with Crippen LogP contribution < -0.4 is 9.47 Å². The van der Waals surface area contributed by atoms with E-state index in [0.717, 1.165) is 29.9 Å². The first-order chi connectivity index (χ1) is 18.5. The van der Waals surface area contributed by atoms with Gasteiger partial charge in [-0.25, -0.2) is 4.79 Å². The van der Waals surface area contributed by atoms with Gasteiger partial charge in [0.25, 0.3) is 0 Å². The zero-order valence-corrected chi connectivity index (χ0v) is 22.5. The molecule has 0 heterocycles. The average molecular weight is 529 g/mol. The van der Waals surface area contributed by atoms with E-state index in [1.165, 1.54) is 0 Å². The number of esters is 2. The lowest BCUT2D eigenvalue weighted by atomic mass is 10.1. The third-order valence-electron chi connectivity index (χ3n) is 5.26. The molecule has 2 aromatic rings. The molecule has 0 aliphatic heterocycles. The highest BCUT2D eigenvalue weighted by atomic mass is 16.6. The number of hydrogen-bond donors (Lipinski definition) is 0. The van der Waals surface area contributed by atoms with Gasteiger partial charge in [-0.1, -0.05) is 43.0 Å². The molecule has 0 aliphatic rings. The lowest BCUT2D eigenvalue weighted by Crippen LogP contribution is -2.17. The quantitative estimate of drug-likeness (QED) is 0.127. The highest BCUT2D eigenvalue weighted by Gasteiger charge is 2.17. The van der Waals surface area contributed by atoms with E-state index in [1.54, 1.807) is 6.92 Å². The van der Waals surface area contributed by atoms with Crippen LogP contribution >= 0.6 is 0 Å². The molecule has 38 heavy (non-hydrogen) atoms. The van der Waals surface area contributed by atoms with Crippen molar-refractivity contribution in [2.45, 2.75) is 45.6 Å². The van der Waals surface area contributed by atoms with E-state index >= 15 is 0 Å². The molecule has 0 aliphatic carbocycles. The molecule has 0 aromatic heterocycles. The normalized spacial score (nSPS) is 11.4. The zero-order valence-electron chi connectivity index (χ0n) is 22.5. The summed E-state index contributed by atoms with van der Waals surface area (Å²) >= 11 is 0. The lowest BCUT2D eigenvalue weighted by Gasteiger charge is -2.18. The second-order valence-electron chi connectivity index (χ2n) is 8.56. The smallest absolute Gasteiger partial charge is 0.333 e. The Hall–Kier alpha value is -3.36. The van der Waals surface area contributed by atoms with Crippen molar-refractivity contribution >= 4 is 11.9 Å². The number of unbranched alkanes of at least 4 members (excludes halogenated alkanes) is 1. The van der Waals surface area contributed by atoms with Gasteiger partial charge in [0.1, 0.15) is 18.1 Å². The SMILES string of the molecule is C=C(C)C(=O)OCCCC(=O)OC(COCCCCOCCOc1cccc(OCC)c1)c1ccccc1. The molecule has 0 radical (unpaired) electrons. The molecular weight excluding hydrogens is 488 g/mol. The number of hydrogen-bond acceptors (Lipinski definition) is 8. The molecule has 0 saturated heterocycles. The average Bonchev–Trinajstić information content (AvgIpc) is 2.92. The molecule has 2 aromatic carbocycles. The minimum absolute atomic E-state index is 0.141. The van der Waals surface area contributed by atoms with Gasteiger partial charge >= 0.3 is 11.9 Å². The van der Waals surface area contributed by atoms with Crippen molar-refractivity contribution in [3.8, 4) is 11.5 Å².